The molecule has 0 fully saturated rings. The Morgan fingerprint density at radius 2 is 2.06 bits per heavy atom. The van der Waals surface area contributed by atoms with Crippen molar-refractivity contribution >= 4 is 11.8 Å². The summed E-state index contributed by atoms with van der Waals surface area (Å²) in [7, 11) is 0. The van der Waals surface area contributed by atoms with Crippen molar-refractivity contribution in [2.75, 3.05) is 5.75 Å². The second kappa shape index (κ2) is 4.81. The van der Waals surface area contributed by atoms with E-state index in [9.17, 15) is 13.2 Å². The lowest BCUT2D eigenvalue weighted by Crippen LogP contribution is -2.15. The van der Waals surface area contributed by atoms with Gasteiger partial charge in [-0.25, -0.2) is 9.97 Å². The van der Waals surface area contributed by atoms with Gasteiger partial charge in [0.1, 0.15) is 5.82 Å². The minimum Gasteiger partial charge on any atom is -0.307 e. The Labute approximate surface area is 101 Å². The molecule has 0 unspecified atom stereocenters. The summed E-state index contributed by atoms with van der Waals surface area (Å²) in [6.45, 7) is 2.54. The number of nitrogens with zero attached hydrogens (tertiary/aromatic N) is 2. The third kappa shape index (κ3) is 2.71. The average molecular weight is 263 g/mol. The number of nitrogens with one attached hydrogen (secondary N) is 1. The van der Waals surface area contributed by atoms with E-state index in [4.69, 9.17) is 0 Å². The molecule has 1 aliphatic rings. The van der Waals surface area contributed by atoms with E-state index in [0.717, 1.165) is 5.75 Å². The molecule has 0 amide bonds. The van der Waals surface area contributed by atoms with E-state index in [0.29, 0.717) is 18.0 Å². The van der Waals surface area contributed by atoms with Crippen LogP contribution >= 0.6 is 11.8 Å². The Morgan fingerprint density at radius 3 is 2.71 bits per heavy atom. The number of halogens is 3. The molecule has 1 aliphatic heterocycles. The maximum absolute atomic E-state index is 12.8. The van der Waals surface area contributed by atoms with E-state index >= 15 is 0 Å². The van der Waals surface area contributed by atoms with Gasteiger partial charge in [-0.2, -0.15) is 24.9 Å². The van der Waals surface area contributed by atoms with Crippen molar-refractivity contribution < 1.29 is 13.2 Å². The van der Waals surface area contributed by atoms with Crippen molar-refractivity contribution in [3.63, 3.8) is 0 Å². The molecule has 94 valence electrons. The first-order valence-electron chi connectivity index (χ1n) is 5.26. The lowest BCUT2D eigenvalue weighted by molar-refractivity contribution is -0.142. The number of hydrogen-bond acceptors (Lipinski definition) is 4. The van der Waals surface area contributed by atoms with Crippen molar-refractivity contribution in [2.24, 2.45) is 0 Å². The van der Waals surface area contributed by atoms with Gasteiger partial charge < -0.3 is 5.32 Å². The van der Waals surface area contributed by atoms with E-state index in [2.05, 4.69) is 15.3 Å². The summed E-state index contributed by atoms with van der Waals surface area (Å²) in [6, 6.07) is 0. The van der Waals surface area contributed by atoms with Crippen molar-refractivity contribution in [3.8, 4) is 0 Å². The highest BCUT2D eigenvalue weighted by molar-refractivity contribution is 7.98. The number of thioether (sulfide) groups is 1. The normalized spacial score (nSPS) is 15.1. The molecule has 1 aromatic rings. The van der Waals surface area contributed by atoms with Gasteiger partial charge in [-0.05, 0) is 5.75 Å². The fourth-order valence-electron chi connectivity index (χ4n) is 1.71. The molecule has 2 rings (SSSR count). The zero-order valence-corrected chi connectivity index (χ0v) is 10.1. The largest absolute Gasteiger partial charge is 0.433 e. The SMILES string of the molecule is CCSCc1nc2c(c(C(F)(F)F)n1)CNC2. The van der Waals surface area contributed by atoms with E-state index in [1.807, 2.05) is 6.92 Å². The molecule has 0 radical (unpaired) electrons. The number of fused-ring (bicyclic) bond motifs is 1. The molecule has 0 bridgehead atoms. The smallest absolute Gasteiger partial charge is 0.307 e. The van der Waals surface area contributed by atoms with Crippen LogP contribution in [0.1, 0.15) is 29.7 Å². The van der Waals surface area contributed by atoms with E-state index < -0.39 is 11.9 Å². The summed E-state index contributed by atoms with van der Waals surface area (Å²) in [6.07, 6.45) is -4.40. The minimum atomic E-state index is -4.40. The molecule has 2 heterocycles. The maximum Gasteiger partial charge on any atom is 0.433 e. The summed E-state index contributed by atoms with van der Waals surface area (Å²) in [4.78, 5) is 7.83. The molecule has 0 atom stereocenters. The van der Waals surface area contributed by atoms with Gasteiger partial charge in [0.25, 0.3) is 0 Å². The minimum absolute atomic E-state index is 0.197. The summed E-state index contributed by atoms with van der Waals surface area (Å²) in [5, 5.41) is 2.87. The van der Waals surface area contributed by atoms with Crippen molar-refractivity contribution in [2.45, 2.75) is 31.9 Å². The molecule has 17 heavy (non-hydrogen) atoms. The molecule has 1 N–H and O–H groups in total. The highest BCUT2D eigenvalue weighted by Gasteiger charge is 2.38. The first-order valence-corrected chi connectivity index (χ1v) is 6.42. The molecule has 0 spiro atoms. The lowest BCUT2D eigenvalue weighted by Gasteiger charge is -2.11. The standard InChI is InChI=1S/C10H12F3N3S/c1-2-17-5-8-15-7-4-14-3-6(7)9(16-8)10(11,12)13/h14H,2-5H2,1H3. The summed E-state index contributed by atoms with van der Waals surface area (Å²) < 4.78 is 38.5. The Morgan fingerprint density at radius 1 is 1.29 bits per heavy atom. The quantitative estimate of drug-likeness (QED) is 0.908. The second-order valence-corrected chi connectivity index (χ2v) is 4.93. The Bertz CT molecular complexity index is 420. The van der Waals surface area contributed by atoms with Gasteiger partial charge >= 0.3 is 6.18 Å². The monoisotopic (exact) mass is 263 g/mol. The van der Waals surface area contributed by atoms with Gasteiger partial charge in [-0.15, -0.1) is 0 Å². The molecule has 3 nitrogen and oxygen atoms in total. The molecule has 7 heteroatoms. The van der Waals surface area contributed by atoms with Crippen molar-refractivity contribution in [1.29, 1.82) is 0 Å². The molecular formula is C10H12F3N3S. The summed E-state index contributed by atoms with van der Waals surface area (Å²) >= 11 is 1.51. The third-order valence-corrected chi connectivity index (χ3v) is 3.31. The van der Waals surface area contributed by atoms with Crippen molar-refractivity contribution in [1.82, 2.24) is 15.3 Å². The Balaban J connectivity index is 2.39. The predicted octanol–water partition coefficient (Wildman–Crippen LogP) is 2.35. The molecule has 0 saturated carbocycles. The topological polar surface area (TPSA) is 37.8 Å². The fraction of sp³-hybridized carbons (Fsp3) is 0.600. The Kier molecular flexibility index (Phi) is 3.58. The van der Waals surface area contributed by atoms with E-state index in [1.54, 1.807) is 0 Å². The maximum atomic E-state index is 12.8. The molecule has 0 saturated heterocycles. The zero-order valence-electron chi connectivity index (χ0n) is 9.26. The lowest BCUT2D eigenvalue weighted by atomic mass is 10.2. The van der Waals surface area contributed by atoms with Crippen molar-refractivity contribution in [3.05, 3.63) is 22.8 Å². The van der Waals surface area contributed by atoms with Gasteiger partial charge in [0, 0.05) is 18.7 Å². The van der Waals surface area contributed by atoms with Crippen LogP contribution in [0, 0.1) is 0 Å². The van der Waals surface area contributed by atoms with Crippen LogP contribution in [0.25, 0.3) is 0 Å². The van der Waals surface area contributed by atoms with Crippen LogP contribution in [0.3, 0.4) is 0 Å². The highest BCUT2D eigenvalue weighted by atomic mass is 32.2. The van der Waals surface area contributed by atoms with E-state index in [1.165, 1.54) is 11.8 Å². The zero-order chi connectivity index (χ0) is 12.5. The van der Waals surface area contributed by atoms with Crippen LogP contribution < -0.4 is 5.32 Å². The van der Waals surface area contributed by atoms with Crippen LogP contribution in [0.15, 0.2) is 0 Å². The summed E-state index contributed by atoms with van der Waals surface area (Å²) in [5.41, 5.74) is -0.0963. The third-order valence-electron chi connectivity index (χ3n) is 2.44. The van der Waals surface area contributed by atoms with Gasteiger partial charge in [0.15, 0.2) is 5.69 Å². The second-order valence-electron chi connectivity index (χ2n) is 3.65. The van der Waals surface area contributed by atoms with Crippen LogP contribution in [0.2, 0.25) is 0 Å². The van der Waals surface area contributed by atoms with Crippen LogP contribution in [0.5, 0.6) is 0 Å². The molecule has 1 aromatic heterocycles. The fourth-order valence-corrected chi connectivity index (χ4v) is 2.23. The van der Waals surface area contributed by atoms with Crippen LogP contribution in [-0.4, -0.2) is 15.7 Å². The van der Waals surface area contributed by atoms with Crippen LogP contribution in [-0.2, 0) is 25.0 Å². The first kappa shape index (κ1) is 12.6. The molecule has 0 aliphatic carbocycles. The van der Waals surface area contributed by atoms with E-state index in [-0.39, 0.29) is 17.9 Å². The average Bonchev–Trinajstić information content (AvgIpc) is 2.71. The van der Waals surface area contributed by atoms with Gasteiger partial charge in [0.2, 0.25) is 0 Å². The molecular weight excluding hydrogens is 251 g/mol. The highest BCUT2D eigenvalue weighted by Crippen LogP contribution is 2.33. The number of hydrogen-bond donors (Lipinski definition) is 1. The summed E-state index contributed by atoms with van der Waals surface area (Å²) in [5.74, 6) is 1.53. The Hall–Kier alpha value is -0.820. The van der Waals surface area contributed by atoms with Gasteiger partial charge in [-0.1, -0.05) is 6.92 Å². The predicted molar refractivity (Wildman–Crippen MR) is 59.4 cm³/mol. The molecule has 0 aromatic carbocycles. The first-order chi connectivity index (χ1) is 8.02. The van der Waals surface area contributed by atoms with Gasteiger partial charge in [0.05, 0.1) is 11.4 Å². The number of aromatic nitrogens is 2. The number of rotatable bonds is 3. The number of alkyl halides is 3. The van der Waals surface area contributed by atoms with Crippen LogP contribution in [0.4, 0.5) is 13.2 Å². The van der Waals surface area contributed by atoms with Gasteiger partial charge in [-0.3, -0.25) is 0 Å².